The van der Waals surface area contributed by atoms with Crippen LogP contribution in [-0.4, -0.2) is 22.9 Å². The number of hydrogen-bond acceptors (Lipinski definition) is 3. The van der Waals surface area contributed by atoms with Crippen LogP contribution in [0.25, 0.3) is 0 Å². The Balaban J connectivity index is 2.65. The van der Waals surface area contributed by atoms with E-state index in [4.69, 9.17) is 9.94 Å². The van der Waals surface area contributed by atoms with Crippen molar-refractivity contribution in [2.24, 2.45) is 5.16 Å². The number of rotatable bonds is 3. The maximum Gasteiger partial charge on any atom is 0.335 e. The molecule has 0 fully saturated rings. The summed E-state index contributed by atoms with van der Waals surface area (Å²) < 4.78 is 0. The van der Waals surface area contributed by atoms with Gasteiger partial charge in [0.1, 0.15) is 5.60 Å². The van der Waals surface area contributed by atoms with Gasteiger partial charge in [-0.3, -0.25) is 0 Å². The fourth-order valence-electron chi connectivity index (χ4n) is 0.957. The molecule has 0 atom stereocenters. The van der Waals surface area contributed by atoms with Crippen LogP contribution in [0.2, 0.25) is 0 Å². The van der Waals surface area contributed by atoms with Gasteiger partial charge in [-0.05, 0) is 38.5 Å². The van der Waals surface area contributed by atoms with E-state index in [-0.39, 0.29) is 11.2 Å². The van der Waals surface area contributed by atoms with Crippen LogP contribution in [0.15, 0.2) is 29.4 Å². The first-order valence-corrected chi connectivity index (χ1v) is 4.93. The Hall–Kier alpha value is -1.84. The van der Waals surface area contributed by atoms with Gasteiger partial charge in [0.2, 0.25) is 0 Å². The van der Waals surface area contributed by atoms with Gasteiger partial charge in [0, 0.05) is 0 Å². The van der Waals surface area contributed by atoms with Crippen molar-refractivity contribution in [1.29, 1.82) is 0 Å². The first-order chi connectivity index (χ1) is 7.38. The predicted octanol–water partition coefficient (Wildman–Crippen LogP) is 2.53. The zero-order valence-electron chi connectivity index (χ0n) is 9.60. The van der Waals surface area contributed by atoms with Crippen LogP contribution >= 0.6 is 0 Å². The van der Waals surface area contributed by atoms with Gasteiger partial charge in [0.15, 0.2) is 0 Å². The van der Waals surface area contributed by atoms with Gasteiger partial charge in [0.25, 0.3) is 0 Å². The maximum atomic E-state index is 10.6. The molecule has 0 aromatic heterocycles. The van der Waals surface area contributed by atoms with Crippen LogP contribution in [0.4, 0.5) is 0 Å². The number of carboxylic acid groups (broad SMARTS) is 1. The lowest BCUT2D eigenvalue weighted by atomic mass is 10.1. The molecule has 1 aromatic carbocycles. The number of carboxylic acids is 1. The van der Waals surface area contributed by atoms with Crippen molar-refractivity contribution in [2.75, 3.05) is 0 Å². The van der Waals surface area contributed by atoms with Crippen molar-refractivity contribution in [1.82, 2.24) is 0 Å². The summed E-state index contributed by atoms with van der Waals surface area (Å²) in [6.07, 6.45) is 1.55. The summed E-state index contributed by atoms with van der Waals surface area (Å²) in [5, 5.41) is 12.5. The summed E-state index contributed by atoms with van der Waals surface area (Å²) >= 11 is 0. The van der Waals surface area contributed by atoms with Crippen LogP contribution in [0.5, 0.6) is 0 Å². The van der Waals surface area contributed by atoms with Gasteiger partial charge in [-0.15, -0.1) is 0 Å². The molecule has 0 aliphatic carbocycles. The third-order valence-corrected chi connectivity index (χ3v) is 1.69. The van der Waals surface area contributed by atoms with Crippen LogP contribution in [0.3, 0.4) is 0 Å². The molecule has 0 bridgehead atoms. The maximum absolute atomic E-state index is 10.6. The number of aromatic carboxylic acids is 1. The van der Waals surface area contributed by atoms with Gasteiger partial charge in [-0.2, -0.15) is 0 Å². The van der Waals surface area contributed by atoms with E-state index in [0.29, 0.717) is 0 Å². The summed E-state index contributed by atoms with van der Waals surface area (Å²) in [5.74, 6) is -0.936. The third kappa shape index (κ3) is 4.13. The molecule has 16 heavy (non-hydrogen) atoms. The van der Waals surface area contributed by atoms with Crippen molar-refractivity contribution in [3.05, 3.63) is 35.4 Å². The second-order valence-corrected chi connectivity index (χ2v) is 4.37. The summed E-state index contributed by atoms with van der Waals surface area (Å²) in [7, 11) is 0. The molecular weight excluding hydrogens is 206 g/mol. The first-order valence-electron chi connectivity index (χ1n) is 4.93. The molecule has 1 rings (SSSR count). The smallest absolute Gasteiger partial charge is 0.335 e. The lowest BCUT2D eigenvalue weighted by Crippen LogP contribution is -2.15. The molecule has 0 spiro atoms. The predicted molar refractivity (Wildman–Crippen MR) is 61.8 cm³/mol. The number of carbonyl (C=O) groups is 1. The minimum absolute atomic E-state index is 0.258. The van der Waals surface area contributed by atoms with E-state index in [2.05, 4.69) is 5.16 Å². The molecule has 1 aromatic rings. The summed E-state index contributed by atoms with van der Waals surface area (Å²) in [6, 6.07) is 6.42. The second kappa shape index (κ2) is 4.79. The van der Waals surface area contributed by atoms with E-state index >= 15 is 0 Å². The Bertz CT molecular complexity index is 388. The van der Waals surface area contributed by atoms with E-state index < -0.39 is 5.97 Å². The molecule has 0 saturated heterocycles. The van der Waals surface area contributed by atoms with Crippen molar-refractivity contribution >= 4 is 12.2 Å². The van der Waals surface area contributed by atoms with Gasteiger partial charge < -0.3 is 9.94 Å². The Morgan fingerprint density at radius 2 is 1.88 bits per heavy atom. The number of oxime groups is 1. The molecule has 0 heterocycles. The molecule has 0 amide bonds. The SMILES string of the molecule is CC(C)(C)ON=Cc1ccc(C(=O)O)cc1. The molecule has 0 aliphatic heterocycles. The highest BCUT2D eigenvalue weighted by molar-refractivity contribution is 5.89. The molecular formula is C12H15NO3. The normalized spacial score (nSPS) is 11.7. The standard InChI is InChI=1S/C12H15NO3/c1-12(2,3)16-13-8-9-4-6-10(7-5-9)11(14)15/h4-8H,1-3H3,(H,14,15). The zero-order valence-corrected chi connectivity index (χ0v) is 9.60. The van der Waals surface area contributed by atoms with E-state index in [1.807, 2.05) is 20.8 Å². The Kier molecular flexibility index (Phi) is 3.66. The molecule has 0 radical (unpaired) electrons. The van der Waals surface area contributed by atoms with Crippen molar-refractivity contribution in [3.63, 3.8) is 0 Å². The van der Waals surface area contributed by atoms with E-state index in [0.717, 1.165) is 5.56 Å². The average Bonchev–Trinajstić information content (AvgIpc) is 2.16. The van der Waals surface area contributed by atoms with Crippen LogP contribution in [0, 0.1) is 0 Å². The zero-order chi connectivity index (χ0) is 12.2. The highest BCUT2D eigenvalue weighted by Gasteiger charge is 2.09. The minimum atomic E-state index is -0.936. The number of benzene rings is 1. The van der Waals surface area contributed by atoms with Gasteiger partial charge in [-0.25, -0.2) is 4.79 Å². The molecule has 0 aliphatic rings. The van der Waals surface area contributed by atoms with Gasteiger partial charge in [-0.1, -0.05) is 17.3 Å². The fraction of sp³-hybridized carbons (Fsp3) is 0.333. The third-order valence-electron chi connectivity index (χ3n) is 1.69. The van der Waals surface area contributed by atoms with Gasteiger partial charge in [0.05, 0.1) is 11.8 Å². The van der Waals surface area contributed by atoms with Gasteiger partial charge >= 0.3 is 5.97 Å². The molecule has 4 heteroatoms. The van der Waals surface area contributed by atoms with Crippen molar-refractivity contribution in [3.8, 4) is 0 Å². The fourth-order valence-corrected chi connectivity index (χ4v) is 0.957. The largest absolute Gasteiger partial charge is 0.478 e. The summed E-state index contributed by atoms with van der Waals surface area (Å²) in [6.45, 7) is 5.70. The average molecular weight is 221 g/mol. The molecule has 4 nitrogen and oxygen atoms in total. The van der Waals surface area contributed by atoms with E-state index in [1.165, 1.54) is 12.1 Å². The van der Waals surface area contributed by atoms with Crippen LogP contribution in [0.1, 0.15) is 36.7 Å². The highest BCUT2D eigenvalue weighted by Crippen LogP contribution is 2.07. The molecule has 86 valence electrons. The number of hydrogen-bond donors (Lipinski definition) is 1. The monoisotopic (exact) mass is 221 g/mol. The highest BCUT2D eigenvalue weighted by atomic mass is 16.6. The quantitative estimate of drug-likeness (QED) is 0.630. The van der Waals surface area contributed by atoms with Crippen LogP contribution in [-0.2, 0) is 4.84 Å². The van der Waals surface area contributed by atoms with Crippen molar-refractivity contribution in [2.45, 2.75) is 26.4 Å². The lowest BCUT2D eigenvalue weighted by molar-refractivity contribution is 0.00199. The topological polar surface area (TPSA) is 58.9 Å². The Morgan fingerprint density at radius 1 is 1.31 bits per heavy atom. The van der Waals surface area contributed by atoms with Crippen molar-refractivity contribution < 1.29 is 14.7 Å². The Labute approximate surface area is 94.5 Å². The second-order valence-electron chi connectivity index (χ2n) is 4.37. The number of nitrogens with zero attached hydrogens (tertiary/aromatic N) is 1. The molecule has 0 saturated carbocycles. The minimum Gasteiger partial charge on any atom is -0.478 e. The van der Waals surface area contributed by atoms with Crippen LogP contribution < -0.4 is 0 Å². The first kappa shape index (κ1) is 12.2. The van der Waals surface area contributed by atoms with E-state index in [9.17, 15) is 4.79 Å². The van der Waals surface area contributed by atoms with E-state index in [1.54, 1.807) is 18.3 Å². The molecule has 1 N–H and O–H groups in total. The molecule has 0 unspecified atom stereocenters. The Morgan fingerprint density at radius 3 is 2.31 bits per heavy atom. The summed E-state index contributed by atoms with van der Waals surface area (Å²) in [4.78, 5) is 15.8. The summed E-state index contributed by atoms with van der Waals surface area (Å²) in [5.41, 5.74) is 0.737. The lowest BCUT2D eigenvalue weighted by Gasteiger charge is -2.14.